The summed E-state index contributed by atoms with van der Waals surface area (Å²) in [6, 6.07) is 7.21. The second-order valence-electron chi connectivity index (χ2n) is 9.15. The van der Waals surface area contributed by atoms with E-state index in [1.807, 2.05) is 0 Å². The fourth-order valence-electron chi connectivity index (χ4n) is 3.95. The average molecular weight is 538 g/mol. The van der Waals surface area contributed by atoms with Crippen molar-refractivity contribution < 1.29 is 30.4 Å². The van der Waals surface area contributed by atoms with Crippen molar-refractivity contribution in [1.29, 1.82) is 0 Å². The summed E-state index contributed by atoms with van der Waals surface area (Å²) >= 11 is 0. The van der Waals surface area contributed by atoms with Crippen LogP contribution in [-0.2, 0) is 19.9 Å². The van der Waals surface area contributed by atoms with Crippen LogP contribution in [0, 0.1) is 5.82 Å². The number of hydrogen-bond donors (Lipinski definition) is 2. The Hall–Kier alpha value is -2.99. The van der Waals surface area contributed by atoms with Gasteiger partial charge in [-0.25, -0.2) is 21.2 Å². The molecule has 0 radical (unpaired) electrons. The first-order valence-corrected chi connectivity index (χ1v) is 15.1. The number of sulfone groups is 1. The quantitative estimate of drug-likeness (QED) is 0.401. The van der Waals surface area contributed by atoms with Crippen LogP contribution in [0.3, 0.4) is 0 Å². The van der Waals surface area contributed by atoms with Crippen molar-refractivity contribution in [2.75, 3.05) is 23.8 Å². The molecule has 9 nitrogen and oxygen atoms in total. The zero-order chi connectivity index (χ0) is 26.3. The Kier molecular flexibility index (Phi) is 7.11. The van der Waals surface area contributed by atoms with Crippen molar-refractivity contribution >= 4 is 42.7 Å². The Bertz CT molecular complexity index is 1510. The molecule has 1 saturated carbocycles. The fourth-order valence-corrected chi connectivity index (χ4v) is 5.66. The van der Waals surface area contributed by atoms with Gasteiger partial charge in [-0.1, -0.05) is 0 Å². The van der Waals surface area contributed by atoms with Gasteiger partial charge in [-0.15, -0.1) is 0 Å². The maximum atomic E-state index is 13.5. The molecule has 0 aliphatic heterocycles. The molecular formula is C24H28FN3O6S2. The highest BCUT2D eigenvalue weighted by molar-refractivity contribution is 7.92. The summed E-state index contributed by atoms with van der Waals surface area (Å²) in [4.78, 5) is 17.2. The number of hydrogen-bond acceptors (Lipinski definition) is 7. The molecule has 194 valence electrons. The number of fused-ring (bicyclic) bond motifs is 1. The predicted octanol–water partition coefficient (Wildman–Crippen LogP) is 3.83. The van der Waals surface area contributed by atoms with Gasteiger partial charge in [-0.3, -0.25) is 9.52 Å². The summed E-state index contributed by atoms with van der Waals surface area (Å²) in [5.41, 5.74) is 1.44. The Morgan fingerprint density at radius 3 is 2.44 bits per heavy atom. The van der Waals surface area contributed by atoms with Crippen LogP contribution >= 0.6 is 0 Å². The number of halogens is 1. The fraction of sp³-hybridized carbons (Fsp3) is 0.417. The van der Waals surface area contributed by atoms with Gasteiger partial charge in [0.05, 0.1) is 22.0 Å². The maximum absolute atomic E-state index is 13.5. The Labute approximate surface area is 209 Å². The molecule has 36 heavy (non-hydrogen) atoms. The molecule has 1 unspecified atom stereocenters. The molecule has 2 N–H and O–H groups in total. The van der Waals surface area contributed by atoms with Gasteiger partial charge in [0.2, 0.25) is 15.7 Å². The molecule has 2 heterocycles. The van der Waals surface area contributed by atoms with E-state index in [9.17, 15) is 26.0 Å². The molecule has 3 aromatic rings. The molecule has 1 fully saturated rings. The van der Waals surface area contributed by atoms with Crippen LogP contribution in [-0.4, -0.2) is 52.0 Å². The van der Waals surface area contributed by atoms with E-state index in [0.29, 0.717) is 16.5 Å². The summed E-state index contributed by atoms with van der Waals surface area (Å²) < 4.78 is 70.8. The van der Waals surface area contributed by atoms with Crippen molar-refractivity contribution in [1.82, 2.24) is 10.3 Å². The Balaban J connectivity index is 1.71. The van der Waals surface area contributed by atoms with E-state index in [1.54, 1.807) is 13.0 Å². The molecule has 0 saturated heterocycles. The average Bonchev–Trinajstić information content (AvgIpc) is 3.58. The number of pyridine rings is 1. The van der Waals surface area contributed by atoms with Gasteiger partial charge in [-0.05, 0) is 74.4 Å². The number of amides is 1. The molecule has 4 rings (SSSR count). The lowest BCUT2D eigenvalue weighted by atomic mass is 10.0. The van der Waals surface area contributed by atoms with Crippen LogP contribution in [0.5, 0.6) is 0 Å². The summed E-state index contributed by atoms with van der Waals surface area (Å²) in [6.07, 6.45) is 3.22. The number of sulfonamides is 1. The number of anilines is 1. The van der Waals surface area contributed by atoms with E-state index >= 15 is 0 Å². The summed E-state index contributed by atoms with van der Waals surface area (Å²) in [7, 11) is -5.58. The number of rotatable bonds is 10. The molecule has 0 bridgehead atoms. The van der Waals surface area contributed by atoms with Crippen molar-refractivity contribution in [3.8, 4) is 11.3 Å². The largest absolute Gasteiger partial charge is 0.437 e. The summed E-state index contributed by atoms with van der Waals surface area (Å²) in [5, 5.41) is 2.38. The molecule has 1 aromatic carbocycles. The number of carbonyl (C=O) groups is 1. The normalized spacial score (nSPS) is 15.1. The molecule has 1 aliphatic carbocycles. The minimum absolute atomic E-state index is 0.0701. The number of aromatic nitrogens is 1. The highest BCUT2D eigenvalue weighted by Crippen LogP contribution is 2.45. The van der Waals surface area contributed by atoms with E-state index in [-0.39, 0.29) is 47.4 Å². The van der Waals surface area contributed by atoms with Gasteiger partial charge >= 0.3 is 0 Å². The third kappa shape index (κ3) is 5.70. The third-order valence-electron chi connectivity index (χ3n) is 6.30. The lowest BCUT2D eigenvalue weighted by molar-refractivity contribution is 0.0964. The Morgan fingerprint density at radius 1 is 1.19 bits per heavy atom. The highest BCUT2D eigenvalue weighted by Gasteiger charge is 2.32. The van der Waals surface area contributed by atoms with Gasteiger partial charge in [0.25, 0.3) is 5.91 Å². The standard InChI is InChI=1S/C24H28FN3O6S2/c1-14(35(3,30)31)5-4-12-36(32,33)28-22-18(15-6-7-15)13-19-20(23(29)26-2)21(34-24(19)27-22)16-8-10-17(25)11-9-16/h8-11,13-15H,4-7,12H2,1-3H3,(H,26,29)(H,27,28). The zero-order valence-corrected chi connectivity index (χ0v) is 21.8. The van der Waals surface area contributed by atoms with E-state index in [4.69, 9.17) is 4.42 Å². The first-order valence-electron chi connectivity index (χ1n) is 11.5. The van der Waals surface area contributed by atoms with Crippen LogP contribution in [0.25, 0.3) is 22.4 Å². The molecule has 1 atom stereocenters. The van der Waals surface area contributed by atoms with Gasteiger partial charge in [0.1, 0.15) is 27.2 Å². The van der Waals surface area contributed by atoms with Crippen molar-refractivity contribution in [2.45, 2.75) is 43.8 Å². The van der Waals surface area contributed by atoms with Crippen LogP contribution < -0.4 is 10.0 Å². The highest BCUT2D eigenvalue weighted by atomic mass is 32.2. The van der Waals surface area contributed by atoms with Gasteiger partial charge in [0.15, 0.2) is 0 Å². The van der Waals surface area contributed by atoms with E-state index in [1.165, 1.54) is 31.3 Å². The number of nitrogens with one attached hydrogen (secondary N) is 2. The summed E-state index contributed by atoms with van der Waals surface area (Å²) in [5.74, 6) is -0.693. The van der Waals surface area contributed by atoms with E-state index in [0.717, 1.165) is 19.1 Å². The van der Waals surface area contributed by atoms with Crippen molar-refractivity contribution in [3.63, 3.8) is 0 Å². The lowest BCUT2D eigenvalue weighted by Gasteiger charge is -2.13. The molecule has 1 amide bonds. The Morgan fingerprint density at radius 2 is 1.86 bits per heavy atom. The summed E-state index contributed by atoms with van der Waals surface area (Å²) in [6.45, 7) is 1.55. The lowest BCUT2D eigenvalue weighted by Crippen LogP contribution is -2.21. The number of nitrogens with zero attached hydrogens (tertiary/aromatic N) is 1. The minimum Gasteiger partial charge on any atom is -0.437 e. The van der Waals surface area contributed by atoms with Crippen molar-refractivity contribution in [3.05, 3.63) is 47.3 Å². The first-order chi connectivity index (χ1) is 16.9. The minimum atomic E-state index is -3.82. The molecule has 0 spiro atoms. The number of carbonyl (C=O) groups excluding carboxylic acids is 1. The van der Waals surface area contributed by atoms with Crippen molar-refractivity contribution in [2.24, 2.45) is 0 Å². The van der Waals surface area contributed by atoms with E-state index in [2.05, 4.69) is 15.0 Å². The van der Waals surface area contributed by atoms with Gasteiger partial charge in [-0.2, -0.15) is 4.98 Å². The zero-order valence-electron chi connectivity index (χ0n) is 20.2. The first kappa shape index (κ1) is 26.1. The molecule has 12 heteroatoms. The monoisotopic (exact) mass is 537 g/mol. The van der Waals surface area contributed by atoms with E-state index < -0.39 is 36.8 Å². The second kappa shape index (κ2) is 9.81. The molecule has 1 aliphatic rings. The maximum Gasteiger partial charge on any atom is 0.255 e. The topological polar surface area (TPSA) is 135 Å². The molecular weight excluding hydrogens is 509 g/mol. The van der Waals surface area contributed by atoms with Crippen LogP contribution in [0.1, 0.15) is 54.4 Å². The second-order valence-corrected chi connectivity index (χ2v) is 13.5. The third-order valence-corrected chi connectivity index (χ3v) is 9.32. The smallest absolute Gasteiger partial charge is 0.255 e. The predicted molar refractivity (Wildman–Crippen MR) is 136 cm³/mol. The van der Waals surface area contributed by atoms with Crippen LogP contribution in [0.15, 0.2) is 34.7 Å². The van der Waals surface area contributed by atoms with Crippen LogP contribution in [0.4, 0.5) is 10.2 Å². The number of benzene rings is 1. The van der Waals surface area contributed by atoms with Gasteiger partial charge in [0, 0.05) is 18.9 Å². The van der Waals surface area contributed by atoms with Crippen LogP contribution in [0.2, 0.25) is 0 Å². The number of furan rings is 1. The molecule has 2 aromatic heterocycles. The van der Waals surface area contributed by atoms with Gasteiger partial charge < -0.3 is 9.73 Å². The SMILES string of the molecule is CNC(=O)c1c(-c2ccc(F)cc2)oc2nc(NS(=O)(=O)CCCC(C)S(C)(=O)=O)c(C3CC3)cc12.